The SMILES string of the molecule is CC(C)(C)OC(=O)Nc1nc(C(=O)Nc2ncc([N+](=O)[O-])s2)cs1. The Labute approximate surface area is 144 Å². The fraction of sp³-hybridized carbons (Fsp3) is 0.333. The van der Waals surface area contributed by atoms with Crippen molar-refractivity contribution in [1.82, 2.24) is 9.97 Å². The Bertz CT molecular complexity index is 779. The van der Waals surface area contributed by atoms with Crippen LogP contribution in [0.5, 0.6) is 0 Å². The topological polar surface area (TPSA) is 136 Å². The van der Waals surface area contributed by atoms with E-state index in [1.807, 2.05) is 0 Å². The van der Waals surface area contributed by atoms with E-state index in [1.165, 1.54) is 5.38 Å². The number of nitrogens with zero attached hydrogens (tertiary/aromatic N) is 3. The summed E-state index contributed by atoms with van der Waals surface area (Å²) in [4.78, 5) is 41.3. The van der Waals surface area contributed by atoms with Crippen molar-refractivity contribution in [1.29, 1.82) is 0 Å². The highest BCUT2D eigenvalue weighted by Gasteiger charge is 2.19. The van der Waals surface area contributed by atoms with Crippen LogP contribution in [0, 0.1) is 10.1 Å². The first-order valence-electron chi connectivity index (χ1n) is 6.51. The average Bonchev–Trinajstić information content (AvgIpc) is 3.05. The van der Waals surface area contributed by atoms with Gasteiger partial charge in [-0.2, -0.15) is 0 Å². The van der Waals surface area contributed by atoms with Gasteiger partial charge in [-0.15, -0.1) is 11.3 Å². The van der Waals surface area contributed by atoms with Crippen LogP contribution < -0.4 is 10.6 Å². The number of nitrogens with one attached hydrogen (secondary N) is 2. The minimum absolute atomic E-state index is 0.0453. The number of hydrogen-bond acceptors (Lipinski definition) is 9. The molecule has 2 rings (SSSR count). The summed E-state index contributed by atoms with van der Waals surface area (Å²) in [5.74, 6) is -0.590. The number of nitro groups is 1. The average molecular weight is 371 g/mol. The van der Waals surface area contributed by atoms with E-state index >= 15 is 0 Å². The van der Waals surface area contributed by atoms with E-state index in [4.69, 9.17) is 4.74 Å². The minimum Gasteiger partial charge on any atom is -0.444 e. The maximum atomic E-state index is 12.0. The van der Waals surface area contributed by atoms with Gasteiger partial charge in [0.25, 0.3) is 5.91 Å². The Hall–Kier alpha value is -2.60. The molecule has 12 heteroatoms. The van der Waals surface area contributed by atoms with Gasteiger partial charge >= 0.3 is 11.1 Å². The summed E-state index contributed by atoms with van der Waals surface area (Å²) in [6.07, 6.45) is 0.371. The van der Waals surface area contributed by atoms with Crippen LogP contribution in [0.1, 0.15) is 31.3 Å². The fourth-order valence-corrected chi connectivity index (χ4v) is 2.70. The van der Waals surface area contributed by atoms with Crippen LogP contribution in [0.2, 0.25) is 0 Å². The summed E-state index contributed by atoms with van der Waals surface area (Å²) >= 11 is 1.78. The molecule has 2 aromatic rings. The van der Waals surface area contributed by atoms with Crippen LogP contribution >= 0.6 is 22.7 Å². The molecule has 0 bridgehead atoms. The van der Waals surface area contributed by atoms with Gasteiger partial charge in [-0.25, -0.2) is 14.8 Å². The molecule has 0 saturated carbocycles. The Morgan fingerprint density at radius 3 is 2.58 bits per heavy atom. The van der Waals surface area contributed by atoms with Gasteiger partial charge in [-0.3, -0.25) is 25.5 Å². The molecule has 2 N–H and O–H groups in total. The van der Waals surface area contributed by atoms with Gasteiger partial charge in [0.05, 0.1) is 4.92 Å². The molecule has 0 spiro atoms. The molecule has 128 valence electrons. The zero-order chi connectivity index (χ0) is 17.9. The Morgan fingerprint density at radius 1 is 1.29 bits per heavy atom. The van der Waals surface area contributed by atoms with Crippen molar-refractivity contribution < 1.29 is 19.2 Å². The zero-order valence-corrected chi connectivity index (χ0v) is 14.5. The predicted octanol–water partition coefficient (Wildman–Crippen LogP) is 3.11. The van der Waals surface area contributed by atoms with Crippen molar-refractivity contribution in [2.24, 2.45) is 0 Å². The van der Waals surface area contributed by atoms with Crippen molar-refractivity contribution in [3.8, 4) is 0 Å². The summed E-state index contributed by atoms with van der Waals surface area (Å²) in [5.41, 5.74) is -0.606. The smallest absolute Gasteiger partial charge is 0.413 e. The molecule has 2 amide bonds. The monoisotopic (exact) mass is 371 g/mol. The van der Waals surface area contributed by atoms with Crippen LogP contribution in [-0.2, 0) is 4.74 Å². The predicted molar refractivity (Wildman–Crippen MR) is 88.7 cm³/mol. The quantitative estimate of drug-likeness (QED) is 0.622. The van der Waals surface area contributed by atoms with Crippen molar-refractivity contribution in [2.45, 2.75) is 26.4 Å². The van der Waals surface area contributed by atoms with E-state index in [-0.39, 0.29) is 21.0 Å². The highest BCUT2D eigenvalue weighted by Crippen LogP contribution is 2.25. The molecule has 0 saturated heterocycles. The van der Waals surface area contributed by atoms with Gasteiger partial charge in [0, 0.05) is 5.38 Å². The number of anilines is 2. The summed E-state index contributed by atoms with van der Waals surface area (Å²) in [6.45, 7) is 5.17. The van der Waals surface area contributed by atoms with Crippen LogP contribution in [0.25, 0.3) is 0 Å². The molecule has 0 radical (unpaired) electrons. The largest absolute Gasteiger partial charge is 0.444 e. The molecule has 24 heavy (non-hydrogen) atoms. The summed E-state index contributed by atoms with van der Waals surface area (Å²) < 4.78 is 5.08. The van der Waals surface area contributed by atoms with Crippen LogP contribution in [0.4, 0.5) is 20.1 Å². The Morgan fingerprint density at radius 2 is 2.00 bits per heavy atom. The second kappa shape index (κ2) is 6.88. The van der Waals surface area contributed by atoms with Crippen LogP contribution in [-0.4, -0.2) is 32.5 Å². The lowest BCUT2D eigenvalue weighted by molar-refractivity contribution is -0.380. The molecule has 0 aromatic carbocycles. The lowest BCUT2D eigenvalue weighted by Gasteiger charge is -2.18. The van der Waals surface area contributed by atoms with Gasteiger partial charge in [0.1, 0.15) is 17.5 Å². The highest BCUT2D eigenvalue weighted by molar-refractivity contribution is 7.18. The maximum absolute atomic E-state index is 12.0. The first kappa shape index (κ1) is 17.7. The van der Waals surface area contributed by atoms with E-state index in [1.54, 1.807) is 20.8 Å². The van der Waals surface area contributed by atoms with Gasteiger partial charge in [-0.05, 0) is 32.1 Å². The van der Waals surface area contributed by atoms with Crippen LogP contribution in [0.15, 0.2) is 11.6 Å². The molecular weight excluding hydrogens is 358 g/mol. The molecule has 0 unspecified atom stereocenters. The molecule has 2 aromatic heterocycles. The Kier molecular flexibility index (Phi) is 5.09. The molecule has 10 nitrogen and oxygen atoms in total. The fourth-order valence-electron chi connectivity index (χ4n) is 1.40. The molecule has 0 aliphatic carbocycles. The van der Waals surface area contributed by atoms with E-state index in [0.717, 1.165) is 28.9 Å². The number of carbonyl (C=O) groups is 2. The first-order chi connectivity index (χ1) is 11.1. The third-order valence-electron chi connectivity index (χ3n) is 2.24. The van der Waals surface area contributed by atoms with Gasteiger partial charge in [-0.1, -0.05) is 0 Å². The molecule has 0 atom stereocenters. The number of aromatic nitrogens is 2. The number of thiazole rings is 2. The van der Waals surface area contributed by atoms with Gasteiger partial charge in [0.2, 0.25) is 0 Å². The van der Waals surface area contributed by atoms with Crippen molar-refractivity contribution >= 4 is 49.9 Å². The second-order valence-electron chi connectivity index (χ2n) is 5.38. The van der Waals surface area contributed by atoms with Crippen molar-refractivity contribution in [3.05, 3.63) is 27.4 Å². The number of amides is 2. The molecule has 0 aliphatic rings. The summed E-state index contributed by atoms with van der Waals surface area (Å²) in [6, 6.07) is 0. The van der Waals surface area contributed by atoms with E-state index in [2.05, 4.69) is 20.6 Å². The molecule has 0 fully saturated rings. The number of carbonyl (C=O) groups excluding carboxylic acids is 2. The number of ether oxygens (including phenoxy) is 1. The van der Waals surface area contributed by atoms with Crippen LogP contribution in [0.3, 0.4) is 0 Å². The summed E-state index contributed by atoms with van der Waals surface area (Å²) in [7, 11) is 0. The lowest BCUT2D eigenvalue weighted by atomic mass is 10.2. The number of hydrogen-bond donors (Lipinski definition) is 2. The maximum Gasteiger partial charge on any atom is 0.413 e. The third kappa shape index (κ3) is 4.96. The third-order valence-corrected chi connectivity index (χ3v) is 3.86. The first-order valence-corrected chi connectivity index (χ1v) is 8.21. The lowest BCUT2D eigenvalue weighted by Crippen LogP contribution is -2.27. The molecule has 2 heterocycles. The minimum atomic E-state index is -0.681. The molecule has 0 aliphatic heterocycles. The van der Waals surface area contributed by atoms with E-state index < -0.39 is 22.5 Å². The van der Waals surface area contributed by atoms with E-state index in [9.17, 15) is 19.7 Å². The Balaban J connectivity index is 1.97. The number of rotatable bonds is 4. The van der Waals surface area contributed by atoms with Gasteiger partial charge in [0.15, 0.2) is 10.3 Å². The van der Waals surface area contributed by atoms with Gasteiger partial charge < -0.3 is 4.74 Å². The van der Waals surface area contributed by atoms with E-state index in [0.29, 0.717) is 0 Å². The highest BCUT2D eigenvalue weighted by atomic mass is 32.1. The zero-order valence-electron chi connectivity index (χ0n) is 12.9. The summed E-state index contributed by atoms with van der Waals surface area (Å²) in [5, 5.41) is 16.9. The molecular formula is C12H13N5O5S2. The van der Waals surface area contributed by atoms with Crippen molar-refractivity contribution in [2.75, 3.05) is 10.6 Å². The second-order valence-corrected chi connectivity index (χ2v) is 7.25. The normalized spacial score (nSPS) is 11.0. The standard InChI is InChI=1S/C12H13N5O5S2/c1-12(2,3)22-11(19)16-10-14-6(5-23-10)8(18)15-9-13-4-7(24-9)17(20)21/h4-5H,1-3H3,(H,13,15,18)(H,14,16,19). The van der Waals surface area contributed by atoms with Crippen molar-refractivity contribution in [3.63, 3.8) is 0 Å².